The molecule has 1 aromatic rings. The second-order valence-corrected chi connectivity index (χ2v) is 4.68. The van der Waals surface area contributed by atoms with Crippen LogP contribution in [0, 0.1) is 5.92 Å². The Morgan fingerprint density at radius 3 is 2.82 bits per heavy atom. The van der Waals surface area contributed by atoms with Crippen molar-refractivity contribution in [3.8, 4) is 0 Å². The molecule has 0 bridgehead atoms. The molecule has 0 aliphatic carbocycles. The van der Waals surface area contributed by atoms with Crippen molar-refractivity contribution in [3.63, 3.8) is 0 Å². The maximum Gasteiger partial charge on any atom is 0.224 e. The molecular formula is C14H20N2O. The Morgan fingerprint density at radius 1 is 1.41 bits per heavy atom. The standard InChI is InChI=1S/C14H20N2O/c1-2-5-12-6-3-4-7-13(12)16-14(17)8-11-9-15-10-11/h3-4,6-7,11,15H,2,5,8-10H2,1H3,(H,16,17). The summed E-state index contributed by atoms with van der Waals surface area (Å²) in [4.78, 5) is 11.8. The molecule has 92 valence electrons. The second kappa shape index (κ2) is 5.82. The van der Waals surface area contributed by atoms with Gasteiger partial charge in [0.25, 0.3) is 0 Å². The van der Waals surface area contributed by atoms with Crippen molar-refractivity contribution in [2.75, 3.05) is 18.4 Å². The Hall–Kier alpha value is -1.35. The average Bonchev–Trinajstić information content (AvgIpc) is 2.27. The van der Waals surface area contributed by atoms with Crippen LogP contribution in [-0.4, -0.2) is 19.0 Å². The molecule has 1 fully saturated rings. The number of para-hydroxylation sites is 1. The average molecular weight is 232 g/mol. The molecule has 1 aliphatic heterocycles. The number of hydrogen-bond donors (Lipinski definition) is 2. The zero-order valence-electron chi connectivity index (χ0n) is 10.3. The molecule has 0 unspecified atom stereocenters. The van der Waals surface area contributed by atoms with E-state index < -0.39 is 0 Å². The maximum absolute atomic E-state index is 11.8. The number of anilines is 1. The summed E-state index contributed by atoms with van der Waals surface area (Å²) in [5.74, 6) is 0.661. The van der Waals surface area contributed by atoms with Gasteiger partial charge in [0.1, 0.15) is 0 Å². The van der Waals surface area contributed by atoms with Crippen molar-refractivity contribution in [1.29, 1.82) is 0 Å². The Bertz CT molecular complexity index is 386. The minimum atomic E-state index is 0.139. The van der Waals surface area contributed by atoms with E-state index in [1.165, 1.54) is 5.56 Å². The van der Waals surface area contributed by atoms with Gasteiger partial charge in [-0.05, 0) is 37.1 Å². The predicted molar refractivity (Wildman–Crippen MR) is 70.0 cm³/mol. The Kier molecular flexibility index (Phi) is 4.15. The third kappa shape index (κ3) is 3.30. The highest BCUT2D eigenvalue weighted by atomic mass is 16.1. The fourth-order valence-electron chi connectivity index (χ4n) is 2.09. The molecule has 0 spiro atoms. The van der Waals surface area contributed by atoms with Crippen molar-refractivity contribution < 1.29 is 4.79 Å². The Balaban J connectivity index is 1.94. The molecule has 0 aromatic heterocycles. The third-order valence-corrected chi connectivity index (χ3v) is 3.15. The first-order valence-corrected chi connectivity index (χ1v) is 6.38. The third-order valence-electron chi connectivity index (χ3n) is 3.15. The summed E-state index contributed by atoms with van der Waals surface area (Å²) in [6.45, 7) is 4.10. The van der Waals surface area contributed by atoms with Crippen molar-refractivity contribution in [2.24, 2.45) is 5.92 Å². The zero-order valence-corrected chi connectivity index (χ0v) is 10.3. The monoisotopic (exact) mass is 232 g/mol. The number of nitrogens with one attached hydrogen (secondary N) is 2. The van der Waals surface area contributed by atoms with Gasteiger partial charge in [-0.2, -0.15) is 0 Å². The summed E-state index contributed by atoms with van der Waals surface area (Å²) in [6, 6.07) is 8.07. The van der Waals surface area contributed by atoms with Crippen LogP contribution in [0.1, 0.15) is 25.3 Å². The molecular weight excluding hydrogens is 212 g/mol. The molecule has 0 saturated carbocycles. The molecule has 1 aliphatic rings. The summed E-state index contributed by atoms with van der Waals surface area (Å²) in [6.07, 6.45) is 2.74. The largest absolute Gasteiger partial charge is 0.326 e. The lowest BCUT2D eigenvalue weighted by molar-refractivity contribution is -0.117. The molecule has 1 amide bonds. The van der Waals surface area contributed by atoms with Crippen LogP contribution in [0.25, 0.3) is 0 Å². The van der Waals surface area contributed by atoms with Crippen LogP contribution < -0.4 is 10.6 Å². The molecule has 3 heteroatoms. The van der Waals surface area contributed by atoms with Crippen LogP contribution in [0.3, 0.4) is 0 Å². The van der Waals surface area contributed by atoms with Gasteiger partial charge in [-0.25, -0.2) is 0 Å². The second-order valence-electron chi connectivity index (χ2n) is 4.68. The van der Waals surface area contributed by atoms with Crippen molar-refractivity contribution in [3.05, 3.63) is 29.8 Å². The first-order chi connectivity index (χ1) is 8.29. The molecule has 1 heterocycles. The van der Waals surface area contributed by atoms with Crippen LogP contribution in [0.2, 0.25) is 0 Å². The highest BCUT2D eigenvalue weighted by Gasteiger charge is 2.20. The molecule has 2 N–H and O–H groups in total. The lowest BCUT2D eigenvalue weighted by atomic mass is 9.99. The topological polar surface area (TPSA) is 41.1 Å². The van der Waals surface area contributed by atoms with Gasteiger partial charge in [-0.3, -0.25) is 4.79 Å². The molecule has 0 atom stereocenters. The SMILES string of the molecule is CCCc1ccccc1NC(=O)CC1CNC1. The Labute approximate surface area is 103 Å². The van der Waals surface area contributed by atoms with Gasteiger partial charge in [-0.1, -0.05) is 31.5 Å². The number of carbonyl (C=O) groups is 1. The normalized spacial score (nSPS) is 15.4. The van der Waals surface area contributed by atoms with E-state index in [-0.39, 0.29) is 5.91 Å². The molecule has 1 saturated heterocycles. The lowest BCUT2D eigenvalue weighted by Crippen LogP contribution is -2.43. The quantitative estimate of drug-likeness (QED) is 0.817. The summed E-state index contributed by atoms with van der Waals surface area (Å²) in [5, 5.41) is 6.21. The summed E-state index contributed by atoms with van der Waals surface area (Å²) in [7, 11) is 0. The van der Waals surface area contributed by atoms with E-state index in [9.17, 15) is 4.79 Å². The summed E-state index contributed by atoms with van der Waals surface area (Å²) < 4.78 is 0. The van der Waals surface area contributed by atoms with E-state index in [0.717, 1.165) is 31.6 Å². The predicted octanol–water partition coefficient (Wildman–Crippen LogP) is 2.19. The van der Waals surface area contributed by atoms with Gasteiger partial charge in [0, 0.05) is 12.1 Å². The van der Waals surface area contributed by atoms with Crippen LogP contribution in [0.4, 0.5) is 5.69 Å². The first kappa shape index (κ1) is 12.1. The lowest BCUT2D eigenvalue weighted by Gasteiger charge is -2.26. The molecule has 17 heavy (non-hydrogen) atoms. The van der Waals surface area contributed by atoms with E-state index in [2.05, 4.69) is 23.6 Å². The van der Waals surface area contributed by atoms with Gasteiger partial charge in [0.2, 0.25) is 5.91 Å². The highest BCUT2D eigenvalue weighted by Crippen LogP contribution is 2.18. The molecule has 0 radical (unpaired) electrons. The van der Waals surface area contributed by atoms with Crippen molar-refractivity contribution in [1.82, 2.24) is 5.32 Å². The van der Waals surface area contributed by atoms with E-state index in [0.29, 0.717) is 12.3 Å². The van der Waals surface area contributed by atoms with Gasteiger partial charge in [-0.15, -0.1) is 0 Å². The van der Waals surface area contributed by atoms with Gasteiger partial charge in [0.05, 0.1) is 0 Å². The smallest absolute Gasteiger partial charge is 0.224 e. The van der Waals surface area contributed by atoms with Gasteiger partial charge >= 0.3 is 0 Å². The van der Waals surface area contributed by atoms with E-state index in [1.54, 1.807) is 0 Å². The fourth-order valence-corrected chi connectivity index (χ4v) is 2.09. The summed E-state index contributed by atoms with van der Waals surface area (Å²) >= 11 is 0. The number of aryl methyl sites for hydroxylation is 1. The number of benzene rings is 1. The number of rotatable bonds is 5. The number of carbonyl (C=O) groups excluding carboxylic acids is 1. The number of hydrogen-bond acceptors (Lipinski definition) is 2. The van der Waals surface area contributed by atoms with Crippen LogP contribution in [0.15, 0.2) is 24.3 Å². The summed E-state index contributed by atoms with van der Waals surface area (Å²) in [5.41, 5.74) is 2.21. The Morgan fingerprint density at radius 2 is 2.18 bits per heavy atom. The van der Waals surface area contributed by atoms with Crippen molar-refractivity contribution in [2.45, 2.75) is 26.2 Å². The zero-order chi connectivity index (χ0) is 12.1. The van der Waals surface area contributed by atoms with Gasteiger partial charge < -0.3 is 10.6 Å². The van der Waals surface area contributed by atoms with E-state index >= 15 is 0 Å². The highest BCUT2D eigenvalue weighted by molar-refractivity contribution is 5.91. The van der Waals surface area contributed by atoms with E-state index in [4.69, 9.17) is 0 Å². The molecule has 3 nitrogen and oxygen atoms in total. The maximum atomic E-state index is 11.8. The van der Waals surface area contributed by atoms with Crippen LogP contribution in [-0.2, 0) is 11.2 Å². The minimum absolute atomic E-state index is 0.139. The van der Waals surface area contributed by atoms with Crippen molar-refractivity contribution >= 4 is 11.6 Å². The number of amides is 1. The fraction of sp³-hybridized carbons (Fsp3) is 0.500. The first-order valence-electron chi connectivity index (χ1n) is 6.38. The van der Waals surface area contributed by atoms with Crippen LogP contribution >= 0.6 is 0 Å². The molecule has 2 rings (SSSR count). The van der Waals surface area contributed by atoms with Gasteiger partial charge in [0.15, 0.2) is 0 Å². The minimum Gasteiger partial charge on any atom is -0.326 e. The van der Waals surface area contributed by atoms with Crippen LogP contribution in [0.5, 0.6) is 0 Å². The molecule has 1 aromatic carbocycles. The van der Waals surface area contributed by atoms with E-state index in [1.807, 2.05) is 18.2 Å².